The van der Waals surface area contributed by atoms with Gasteiger partial charge in [0.15, 0.2) is 0 Å². The minimum absolute atomic E-state index is 0.0972. The second kappa shape index (κ2) is 6.94. The van der Waals surface area contributed by atoms with E-state index in [1.165, 1.54) is 0 Å². The molecule has 1 heterocycles. The Kier molecular flexibility index (Phi) is 5.23. The Balaban J connectivity index is 2.02. The van der Waals surface area contributed by atoms with Gasteiger partial charge in [0.2, 0.25) is 0 Å². The quantitative estimate of drug-likeness (QED) is 0.905. The molecule has 4 nitrogen and oxygen atoms in total. The molecule has 1 N–H and O–H groups in total. The van der Waals surface area contributed by atoms with Crippen LogP contribution in [0.25, 0.3) is 0 Å². The van der Waals surface area contributed by atoms with Crippen LogP contribution in [0.3, 0.4) is 0 Å². The van der Waals surface area contributed by atoms with Crippen molar-refractivity contribution >= 4 is 11.6 Å². The van der Waals surface area contributed by atoms with E-state index >= 15 is 0 Å². The summed E-state index contributed by atoms with van der Waals surface area (Å²) >= 11 is 0. The average Bonchev–Trinajstić information content (AvgIpc) is 2.53. The Labute approximate surface area is 127 Å². The van der Waals surface area contributed by atoms with Crippen LogP contribution in [0, 0.1) is 0 Å². The summed E-state index contributed by atoms with van der Waals surface area (Å²) in [4.78, 5) is 14.5. The van der Waals surface area contributed by atoms with Gasteiger partial charge in [-0.15, -0.1) is 0 Å². The van der Waals surface area contributed by atoms with E-state index in [0.717, 1.165) is 43.6 Å². The molecule has 2 rings (SSSR count). The molecule has 1 aromatic carbocycles. The number of likely N-dealkylation sites (tertiary alicyclic amines) is 1. The van der Waals surface area contributed by atoms with Crippen molar-refractivity contribution in [2.45, 2.75) is 38.7 Å². The normalized spacial score (nSPS) is 22.1. The number of carbonyl (C=O) groups excluding carboxylic acids is 1. The minimum atomic E-state index is -0.212. The lowest BCUT2D eigenvalue weighted by molar-refractivity contribution is -0.0440. The van der Waals surface area contributed by atoms with Crippen molar-refractivity contribution < 1.29 is 9.53 Å². The molecular weight excluding hydrogens is 264 g/mol. The molecule has 1 aliphatic heterocycles. The Bertz CT molecular complexity index is 472. The topological polar surface area (TPSA) is 41.6 Å². The Morgan fingerprint density at radius 1 is 1.38 bits per heavy atom. The summed E-state index contributed by atoms with van der Waals surface area (Å²) in [6.07, 6.45) is 3.09. The zero-order chi connectivity index (χ0) is 15.3. The van der Waals surface area contributed by atoms with Crippen molar-refractivity contribution in [3.63, 3.8) is 0 Å². The molecule has 1 saturated heterocycles. The van der Waals surface area contributed by atoms with E-state index in [-0.39, 0.29) is 11.5 Å². The van der Waals surface area contributed by atoms with Gasteiger partial charge in [0.05, 0.1) is 5.60 Å². The number of rotatable bonds is 5. The third-order valence-corrected chi connectivity index (χ3v) is 4.15. The molecule has 0 bridgehead atoms. The molecule has 1 aromatic rings. The van der Waals surface area contributed by atoms with Crippen molar-refractivity contribution in [2.24, 2.45) is 0 Å². The molecule has 1 amide bonds. The lowest BCUT2D eigenvalue weighted by atomic mass is 9.94. The fourth-order valence-electron chi connectivity index (χ4n) is 2.73. The fourth-order valence-corrected chi connectivity index (χ4v) is 2.73. The van der Waals surface area contributed by atoms with Crippen molar-refractivity contribution in [3.8, 4) is 0 Å². The monoisotopic (exact) mass is 290 g/mol. The molecule has 0 radical (unpaired) electrons. The molecule has 1 atom stereocenters. The summed E-state index contributed by atoms with van der Waals surface area (Å²) in [5.74, 6) is 0.0972. The van der Waals surface area contributed by atoms with Gasteiger partial charge in [-0.05, 0) is 50.5 Å². The molecule has 0 spiro atoms. The fraction of sp³-hybridized carbons (Fsp3) is 0.588. The van der Waals surface area contributed by atoms with Crippen LogP contribution in [0.15, 0.2) is 24.3 Å². The number of methoxy groups -OCH3 is 1. The molecule has 0 aromatic heterocycles. The summed E-state index contributed by atoms with van der Waals surface area (Å²) < 4.78 is 5.55. The Morgan fingerprint density at radius 3 is 2.71 bits per heavy atom. The Morgan fingerprint density at radius 2 is 2.10 bits per heavy atom. The van der Waals surface area contributed by atoms with Crippen LogP contribution < -0.4 is 5.32 Å². The van der Waals surface area contributed by atoms with Gasteiger partial charge in [-0.2, -0.15) is 0 Å². The van der Waals surface area contributed by atoms with Gasteiger partial charge < -0.3 is 15.0 Å². The zero-order valence-corrected chi connectivity index (χ0v) is 13.3. The van der Waals surface area contributed by atoms with Gasteiger partial charge in [-0.25, -0.2) is 0 Å². The van der Waals surface area contributed by atoms with Crippen LogP contribution in [-0.4, -0.2) is 43.2 Å². The molecule has 0 aliphatic carbocycles. The summed E-state index contributed by atoms with van der Waals surface area (Å²) in [7, 11) is 1.72. The van der Waals surface area contributed by atoms with E-state index in [9.17, 15) is 4.79 Å². The predicted octanol–water partition coefficient (Wildman–Crippen LogP) is 3.15. The smallest absolute Gasteiger partial charge is 0.253 e. The van der Waals surface area contributed by atoms with Crippen molar-refractivity contribution in [2.75, 3.05) is 32.1 Å². The van der Waals surface area contributed by atoms with Gasteiger partial charge in [0, 0.05) is 38.0 Å². The first-order chi connectivity index (χ1) is 10.1. The van der Waals surface area contributed by atoms with Gasteiger partial charge >= 0.3 is 0 Å². The second-order valence-electron chi connectivity index (χ2n) is 5.99. The van der Waals surface area contributed by atoms with Crippen LogP contribution in [-0.2, 0) is 4.74 Å². The van der Waals surface area contributed by atoms with Crippen molar-refractivity contribution in [3.05, 3.63) is 29.8 Å². The average molecular weight is 290 g/mol. The molecule has 1 fully saturated rings. The summed E-state index contributed by atoms with van der Waals surface area (Å²) in [6, 6.07) is 7.75. The van der Waals surface area contributed by atoms with Gasteiger partial charge in [0.25, 0.3) is 5.91 Å². The molecule has 4 heteroatoms. The maximum atomic E-state index is 12.6. The van der Waals surface area contributed by atoms with E-state index in [2.05, 4.69) is 19.2 Å². The van der Waals surface area contributed by atoms with Gasteiger partial charge in [-0.3, -0.25) is 4.79 Å². The second-order valence-corrected chi connectivity index (χ2v) is 5.99. The van der Waals surface area contributed by atoms with Crippen molar-refractivity contribution in [1.29, 1.82) is 0 Å². The first kappa shape index (κ1) is 15.8. The lowest BCUT2D eigenvalue weighted by Crippen LogP contribution is -2.49. The van der Waals surface area contributed by atoms with Gasteiger partial charge in [0.1, 0.15) is 0 Å². The third kappa shape index (κ3) is 3.97. The van der Waals surface area contributed by atoms with Crippen LogP contribution >= 0.6 is 0 Å². The Hall–Kier alpha value is -1.55. The largest absolute Gasteiger partial charge is 0.385 e. The van der Waals surface area contributed by atoms with E-state index in [1.54, 1.807) is 7.11 Å². The highest BCUT2D eigenvalue weighted by Crippen LogP contribution is 2.25. The third-order valence-electron chi connectivity index (χ3n) is 4.15. The highest BCUT2D eigenvalue weighted by molar-refractivity contribution is 5.94. The van der Waals surface area contributed by atoms with E-state index in [0.29, 0.717) is 6.54 Å². The number of nitrogens with zero attached hydrogens (tertiary/aromatic N) is 1. The van der Waals surface area contributed by atoms with E-state index < -0.39 is 0 Å². The highest BCUT2D eigenvalue weighted by Gasteiger charge is 2.33. The number of carbonyl (C=O) groups is 1. The van der Waals surface area contributed by atoms with Crippen LogP contribution in [0.4, 0.5) is 5.69 Å². The van der Waals surface area contributed by atoms with Crippen molar-refractivity contribution in [1.82, 2.24) is 4.90 Å². The van der Waals surface area contributed by atoms with Gasteiger partial charge in [-0.1, -0.05) is 6.92 Å². The molecular formula is C17H26N2O2. The van der Waals surface area contributed by atoms with E-state index in [1.807, 2.05) is 29.2 Å². The first-order valence-electron chi connectivity index (χ1n) is 7.76. The maximum Gasteiger partial charge on any atom is 0.253 e. The molecule has 116 valence electrons. The number of benzene rings is 1. The van der Waals surface area contributed by atoms with Crippen LogP contribution in [0.5, 0.6) is 0 Å². The number of amides is 1. The van der Waals surface area contributed by atoms with Crippen LogP contribution in [0.1, 0.15) is 43.5 Å². The SMILES string of the molecule is CCCNc1ccc(C(=O)N2CCCC(C)(OC)C2)cc1. The zero-order valence-electron chi connectivity index (χ0n) is 13.3. The molecule has 1 unspecified atom stereocenters. The number of anilines is 1. The summed E-state index contributed by atoms with van der Waals surface area (Å²) in [5, 5.41) is 3.32. The lowest BCUT2D eigenvalue weighted by Gasteiger charge is -2.39. The number of ether oxygens (including phenoxy) is 1. The molecule has 1 aliphatic rings. The number of hydrogen-bond donors (Lipinski definition) is 1. The predicted molar refractivity (Wildman–Crippen MR) is 85.8 cm³/mol. The van der Waals surface area contributed by atoms with E-state index in [4.69, 9.17) is 4.74 Å². The maximum absolute atomic E-state index is 12.6. The molecule has 21 heavy (non-hydrogen) atoms. The standard InChI is InChI=1S/C17H26N2O2/c1-4-11-18-15-8-6-14(7-9-15)16(20)19-12-5-10-17(2,13-19)21-3/h6-9,18H,4-5,10-13H2,1-3H3. The first-order valence-corrected chi connectivity index (χ1v) is 7.76. The summed E-state index contributed by atoms with van der Waals surface area (Å²) in [5.41, 5.74) is 1.60. The van der Waals surface area contributed by atoms with Crippen LogP contribution in [0.2, 0.25) is 0 Å². The number of nitrogens with one attached hydrogen (secondary N) is 1. The highest BCUT2D eigenvalue weighted by atomic mass is 16.5. The number of hydrogen-bond acceptors (Lipinski definition) is 3. The molecule has 0 saturated carbocycles. The summed E-state index contributed by atoms with van der Waals surface area (Å²) in [6.45, 7) is 6.63. The minimum Gasteiger partial charge on any atom is -0.385 e. The number of piperidine rings is 1.